The lowest BCUT2D eigenvalue weighted by Crippen LogP contribution is -2.15. The molecule has 2 heteroatoms. The topological polar surface area (TPSA) is 44.0 Å². The van der Waals surface area contributed by atoms with Crippen molar-refractivity contribution in [3.8, 4) is 6.07 Å². The highest BCUT2D eigenvalue weighted by atomic mass is 16.3. The largest absolute Gasteiger partial charge is 0.392 e. The SMILES string of the molecule is CCCCCCCC(O)C(C)C#N. The summed E-state index contributed by atoms with van der Waals surface area (Å²) >= 11 is 0. The van der Waals surface area contributed by atoms with Crippen LogP contribution in [-0.2, 0) is 0 Å². The predicted molar refractivity (Wildman–Crippen MR) is 54.2 cm³/mol. The summed E-state index contributed by atoms with van der Waals surface area (Å²) in [6.45, 7) is 3.96. The second-order valence-corrected chi connectivity index (χ2v) is 3.69. The zero-order chi connectivity index (χ0) is 10.1. The van der Waals surface area contributed by atoms with Gasteiger partial charge in [-0.3, -0.25) is 0 Å². The second kappa shape index (κ2) is 8.07. The van der Waals surface area contributed by atoms with E-state index >= 15 is 0 Å². The van der Waals surface area contributed by atoms with Gasteiger partial charge in [0.15, 0.2) is 0 Å². The van der Waals surface area contributed by atoms with Crippen LogP contribution in [0.25, 0.3) is 0 Å². The molecule has 0 rings (SSSR count). The molecule has 2 unspecified atom stereocenters. The molecule has 2 nitrogen and oxygen atoms in total. The van der Waals surface area contributed by atoms with Crippen molar-refractivity contribution in [1.29, 1.82) is 5.26 Å². The summed E-state index contributed by atoms with van der Waals surface area (Å²) in [6, 6.07) is 2.07. The fourth-order valence-corrected chi connectivity index (χ4v) is 1.29. The minimum Gasteiger partial charge on any atom is -0.392 e. The van der Waals surface area contributed by atoms with Gasteiger partial charge in [0.2, 0.25) is 0 Å². The van der Waals surface area contributed by atoms with Crippen LogP contribution >= 0.6 is 0 Å². The molecule has 0 aliphatic carbocycles. The summed E-state index contributed by atoms with van der Waals surface area (Å²) in [5.74, 6) is -0.217. The molecular weight excluding hydrogens is 162 g/mol. The molecule has 0 aliphatic rings. The zero-order valence-corrected chi connectivity index (χ0v) is 8.79. The van der Waals surface area contributed by atoms with Gasteiger partial charge in [-0.05, 0) is 13.3 Å². The Hall–Kier alpha value is -0.550. The highest BCUT2D eigenvalue weighted by Crippen LogP contribution is 2.12. The molecule has 0 radical (unpaired) electrons. The molecule has 0 spiro atoms. The van der Waals surface area contributed by atoms with Crippen molar-refractivity contribution in [2.45, 2.75) is 58.5 Å². The number of hydrogen-bond donors (Lipinski definition) is 1. The van der Waals surface area contributed by atoms with E-state index in [1.54, 1.807) is 6.92 Å². The number of rotatable bonds is 7. The van der Waals surface area contributed by atoms with E-state index in [-0.39, 0.29) is 5.92 Å². The average molecular weight is 183 g/mol. The van der Waals surface area contributed by atoms with Crippen molar-refractivity contribution in [2.75, 3.05) is 0 Å². The molecule has 0 saturated carbocycles. The van der Waals surface area contributed by atoms with Gasteiger partial charge in [0.1, 0.15) is 0 Å². The summed E-state index contributed by atoms with van der Waals surface area (Å²) in [4.78, 5) is 0. The quantitative estimate of drug-likeness (QED) is 0.617. The monoisotopic (exact) mass is 183 g/mol. The van der Waals surface area contributed by atoms with E-state index in [2.05, 4.69) is 13.0 Å². The smallest absolute Gasteiger partial charge is 0.0695 e. The van der Waals surface area contributed by atoms with E-state index in [4.69, 9.17) is 5.26 Å². The van der Waals surface area contributed by atoms with Gasteiger partial charge < -0.3 is 5.11 Å². The molecule has 0 fully saturated rings. The Bertz CT molecular complexity index is 151. The van der Waals surface area contributed by atoms with Crippen molar-refractivity contribution in [1.82, 2.24) is 0 Å². The van der Waals surface area contributed by atoms with Gasteiger partial charge in [-0.2, -0.15) is 5.26 Å². The maximum Gasteiger partial charge on any atom is 0.0695 e. The summed E-state index contributed by atoms with van der Waals surface area (Å²) in [5, 5.41) is 18.0. The van der Waals surface area contributed by atoms with Gasteiger partial charge in [-0.25, -0.2) is 0 Å². The predicted octanol–water partition coefficient (Wildman–Crippen LogP) is 2.87. The Kier molecular flexibility index (Phi) is 7.73. The summed E-state index contributed by atoms with van der Waals surface area (Å²) in [6.07, 6.45) is 6.37. The molecule has 13 heavy (non-hydrogen) atoms. The van der Waals surface area contributed by atoms with E-state index in [0.717, 1.165) is 12.8 Å². The molecule has 1 N–H and O–H groups in total. The molecule has 0 aromatic heterocycles. The Balaban J connectivity index is 3.28. The van der Waals surface area contributed by atoms with E-state index in [9.17, 15) is 5.11 Å². The first kappa shape index (κ1) is 12.4. The van der Waals surface area contributed by atoms with Crippen LogP contribution in [-0.4, -0.2) is 11.2 Å². The first-order valence-electron chi connectivity index (χ1n) is 5.30. The van der Waals surface area contributed by atoms with Gasteiger partial charge in [0.25, 0.3) is 0 Å². The number of aliphatic hydroxyl groups excluding tert-OH is 1. The van der Waals surface area contributed by atoms with E-state index < -0.39 is 6.10 Å². The van der Waals surface area contributed by atoms with Crippen molar-refractivity contribution in [2.24, 2.45) is 5.92 Å². The number of aliphatic hydroxyl groups is 1. The van der Waals surface area contributed by atoms with Gasteiger partial charge >= 0.3 is 0 Å². The van der Waals surface area contributed by atoms with Crippen LogP contribution in [0.3, 0.4) is 0 Å². The first-order chi connectivity index (χ1) is 6.22. The molecule has 0 saturated heterocycles. The zero-order valence-electron chi connectivity index (χ0n) is 8.79. The van der Waals surface area contributed by atoms with Crippen LogP contribution in [0.2, 0.25) is 0 Å². The minimum atomic E-state index is -0.424. The molecule has 0 bridgehead atoms. The van der Waals surface area contributed by atoms with Crippen molar-refractivity contribution < 1.29 is 5.11 Å². The third kappa shape index (κ3) is 6.60. The van der Waals surface area contributed by atoms with Gasteiger partial charge in [-0.1, -0.05) is 39.0 Å². The van der Waals surface area contributed by atoms with Crippen LogP contribution in [0.15, 0.2) is 0 Å². The van der Waals surface area contributed by atoms with Gasteiger partial charge in [0.05, 0.1) is 18.1 Å². The third-order valence-corrected chi connectivity index (χ3v) is 2.38. The average Bonchev–Trinajstić information content (AvgIpc) is 2.16. The molecule has 0 aromatic carbocycles. The van der Waals surface area contributed by atoms with Crippen molar-refractivity contribution in [3.63, 3.8) is 0 Å². The fourth-order valence-electron chi connectivity index (χ4n) is 1.29. The fraction of sp³-hybridized carbons (Fsp3) is 0.909. The number of nitrogens with zero attached hydrogens (tertiary/aromatic N) is 1. The Morgan fingerprint density at radius 1 is 1.23 bits per heavy atom. The highest BCUT2D eigenvalue weighted by Gasteiger charge is 2.11. The van der Waals surface area contributed by atoms with Crippen LogP contribution in [0.4, 0.5) is 0 Å². The Morgan fingerprint density at radius 3 is 2.38 bits per heavy atom. The Labute approximate surface area is 81.6 Å². The molecule has 2 atom stereocenters. The van der Waals surface area contributed by atoms with Crippen molar-refractivity contribution in [3.05, 3.63) is 0 Å². The maximum absolute atomic E-state index is 9.45. The van der Waals surface area contributed by atoms with Crippen LogP contribution in [0.5, 0.6) is 0 Å². The van der Waals surface area contributed by atoms with E-state index in [0.29, 0.717) is 0 Å². The Morgan fingerprint density at radius 2 is 1.85 bits per heavy atom. The van der Waals surface area contributed by atoms with E-state index in [1.807, 2.05) is 0 Å². The van der Waals surface area contributed by atoms with Crippen LogP contribution in [0.1, 0.15) is 52.4 Å². The molecule has 0 aliphatic heterocycles. The number of unbranched alkanes of at least 4 members (excludes halogenated alkanes) is 4. The van der Waals surface area contributed by atoms with Gasteiger partial charge in [-0.15, -0.1) is 0 Å². The lowest BCUT2D eigenvalue weighted by Gasteiger charge is -2.11. The molecular formula is C11H21NO. The lowest BCUT2D eigenvalue weighted by atomic mass is 10.00. The summed E-state index contributed by atoms with van der Waals surface area (Å²) < 4.78 is 0. The maximum atomic E-state index is 9.45. The van der Waals surface area contributed by atoms with Crippen LogP contribution in [0, 0.1) is 17.2 Å². The minimum absolute atomic E-state index is 0.217. The molecule has 76 valence electrons. The highest BCUT2D eigenvalue weighted by molar-refractivity contribution is 4.84. The summed E-state index contributed by atoms with van der Waals surface area (Å²) in [7, 11) is 0. The van der Waals surface area contributed by atoms with Gasteiger partial charge in [0, 0.05) is 0 Å². The lowest BCUT2D eigenvalue weighted by molar-refractivity contribution is 0.128. The normalized spacial score (nSPS) is 14.9. The van der Waals surface area contributed by atoms with Crippen LogP contribution < -0.4 is 0 Å². The second-order valence-electron chi connectivity index (χ2n) is 3.69. The molecule has 0 amide bonds. The summed E-state index contributed by atoms with van der Waals surface area (Å²) in [5.41, 5.74) is 0. The third-order valence-electron chi connectivity index (χ3n) is 2.38. The van der Waals surface area contributed by atoms with E-state index in [1.165, 1.54) is 25.7 Å². The number of nitriles is 1. The number of hydrogen-bond acceptors (Lipinski definition) is 2. The van der Waals surface area contributed by atoms with Crippen molar-refractivity contribution >= 4 is 0 Å². The standard InChI is InChI=1S/C11H21NO/c1-3-4-5-6-7-8-11(13)10(2)9-12/h10-11,13H,3-8H2,1-2H3. The molecule has 0 heterocycles. The first-order valence-corrected chi connectivity index (χ1v) is 5.30. The molecule has 0 aromatic rings.